The second-order valence-corrected chi connectivity index (χ2v) is 7.86. The Bertz CT molecular complexity index is 1470. The van der Waals surface area contributed by atoms with Crippen LogP contribution in [0.4, 0.5) is 11.4 Å². The summed E-state index contributed by atoms with van der Waals surface area (Å²) in [5, 5.41) is 3.45. The number of hydrogen-bond acceptors (Lipinski definition) is 8. The zero-order valence-corrected chi connectivity index (χ0v) is 20.3. The summed E-state index contributed by atoms with van der Waals surface area (Å²) < 4.78 is 21.9. The zero-order chi connectivity index (χ0) is 25.7. The number of carbonyl (C=O) groups excluding carboxylic acids is 2. The lowest BCUT2D eigenvalue weighted by atomic mass is 10.1. The van der Waals surface area contributed by atoms with Crippen LogP contribution in [0.5, 0.6) is 11.5 Å². The quantitative estimate of drug-likeness (QED) is 0.376. The van der Waals surface area contributed by atoms with E-state index in [0.717, 1.165) is 0 Å². The molecular formula is C27H25N3O6. The Kier molecular flexibility index (Phi) is 7.29. The fourth-order valence-electron chi connectivity index (χ4n) is 3.53. The van der Waals surface area contributed by atoms with E-state index in [0.29, 0.717) is 45.1 Å². The Balaban J connectivity index is 1.88. The van der Waals surface area contributed by atoms with E-state index in [9.17, 15) is 9.59 Å². The number of aryl methyl sites for hydroxylation is 1. The number of carbonyl (C=O) groups is 2. The number of anilines is 1. The first kappa shape index (κ1) is 24.5. The van der Waals surface area contributed by atoms with Crippen LogP contribution in [0.2, 0.25) is 0 Å². The highest BCUT2D eigenvalue weighted by molar-refractivity contribution is 6.06. The van der Waals surface area contributed by atoms with Crippen molar-refractivity contribution >= 4 is 34.2 Å². The van der Waals surface area contributed by atoms with Crippen molar-refractivity contribution < 1.29 is 28.2 Å². The van der Waals surface area contributed by atoms with Crippen LogP contribution in [0.25, 0.3) is 11.0 Å². The Morgan fingerprint density at radius 3 is 2.36 bits per heavy atom. The second kappa shape index (κ2) is 10.7. The molecule has 2 aromatic heterocycles. The summed E-state index contributed by atoms with van der Waals surface area (Å²) in [4.78, 5) is 33.8. The molecule has 0 spiro atoms. The number of nitrogens with zero attached hydrogens (tertiary/aromatic N) is 2. The van der Waals surface area contributed by atoms with Gasteiger partial charge in [0.05, 0.1) is 25.6 Å². The van der Waals surface area contributed by atoms with Crippen LogP contribution in [-0.4, -0.2) is 31.1 Å². The molecule has 1 amide bonds. The number of esters is 1. The first-order valence-corrected chi connectivity index (χ1v) is 11.1. The Labute approximate surface area is 207 Å². The standard InChI is InChI=1S/C27H25N3O6/c1-16-25-23(18(14-28-16)15-35-17(2)31)13-24(27(36-25)30-19-8-6-5-7-9-19)26(32)29-20-10-21(33-3)12-22(11-20)34-4/h5-14H,15H2,1-4H3,(H,29,32). The van der Waals surface area contributed by atoms with Gasteiger partial charge in [0.25, 0.3) is 5.91 Å². The number of pyridine rings is 1. The Morgan fingerprint density at radius 1 is 1.03 bits per heavy atom. The lowest BCUT2D eigenvalue weighted by Crippen LogP contribution is -2.22. The van der Waals surface area contributed by atoms with E-state index in [1.54, 1.807) is 49.5 Å². The van der Waals surface area contributed by atoms with Crippen molar-refractivity contribution in [2.24, 2.45) is 4.99 Å². The number of rotatable bonds is 7. The van der Waals surface area contributed by atoms with Crippen LogP contribution in [0, 0.1) is 6.92 Å². The van der Waals surface area contributed by atoms with Gasteiger partial charge >= 0.3 is 5.97 Å². The maximum Gasteiger partial charge on any atom is 0.302 e. The van der Waals surface area contributed by atoms with Gasteiger partial charge in [0.15, 0.2) is 5.58 Å². The van der Waals surface area contributed by atoms with Crippen LogP contribution in [0.3, 0.4) is 0 Å². The lowest BCUT2D eigenvalue weighted by molar-refractivity contribution is -0.142. The summed E-state index contributed by atoms with van der Waals surface area (Å²) in [6.07, 6.45) is 1.60. The normalized spacial score (nSPS) is 11.3. The summed E-state index contributed by atoms with van der Waals surface area (Å²) in [6, 6.07) is 15.9. The second-order valence-electron chi connectivity index (χ2n) is 7.86. The van der Waals surface area contributed by atoms with E-state index in [4.69, 9.17) is 18.6 Å². The number of nitrogens with one attached hydrogen (secondary N) is 1. The van der Waals surface area contributed by atoms with E-state index in [2.05, 4.69) is 15.3 Å². The number of ether oxygens (including phenoxy) is 3. The van der Waals surface area contributed by atoms with Crippen LogP contribution in [0.15, 0.2) is 70.2 Å². The highest BCUT2D eigenvalue weighted by Crippen LogP contribution is 2.27. The zero-order valence-electron chi connectivity index (χ0n) is 20.3. The molecule has 0 unspecified atom stereocenters. The average molecular weight is 488 g/mol. The summed E-state index contributed by atoms with van der Waals surface area (Å²) >= 11 is 0. The molecule has 2 aromatic carbocycles. The largest absolute Gasteiger partial charge is 0.497 e. The monoisotopic (exact) mass is 487 g/mol. The van der Waals surface area contributed by atoms with Gasteiger partial charge in [-0.15, -0.1) is 0 Å². The number of hydrogen-bond donors (Lipinski definition) is 1. The molecule has 9 nitrogen and oxygen atoms in total. The lowest BCUT2D eigenvalue weighted by Gasteiger charge is -2.12. The average Bonchev–Trinajstić information content (AvgIpc) is 2.88. The van der Waals surface area contributed by atoms with Crippen molar-refractivity contribution in [2.75, 3.05) is 19.5 Å². The molecule has 184 valence electrons. The first-order chi connectivity index (χ1) is 17.4. The number of fused-ring (bicyclic) bond motifs is 1. The maximum absolute atomic E-state index is 13.5. The molecule has 0 radical (unpaired) electrons. The van der Waals surface area contributed by atoms with Crippen LogP contribution < -0.4 is 20.3 Å². The molecule has 36 heavy (non-hydrogen) atoms. The molecule has 0 bridgehead atoms. The van der Waals surface area contributed by atoms with Gasteiger partial charge in [-0.05, 0) is 25.1 Å². The van der Waals surface area contributed by atoms with Crippen LogP contribution >= 0.6 is 0 Å². The Morgan fingerprint density at radius 2 is 1.72 bits per heavy atom. The first-order valence-electron chi connectivity index (χ1n) is 11.1. The van der Waals surface area contributed by atoms with E-state index in [-0.39, 0.29) is 17.7 Å². The molecule has 4 rings (SSSR count). The van der Waals surface area contributed by atoms with Gasteiger partial charge in [-0.3, -0.25) is 14.6 Å². The third kappa shape index (κ3) is 5.52. The summed E-state index contributed by atoms with van der Waals surface area (Å²) in [5.74, 6) is 0.152. The molecule has 1 N–H and O–H groups in total. The minimum absolute atomic E-state index is 0.0159. The molecule has 0 fully saturated rings. The van der Waals surface area contributed by atoms with Crippen molar-refractivity contribution in [3.63, 3.8) is 0 Å². The molecule has 9 heteroatoms. The number of amides is 1. The number of benzene rings is 2. The van der Waals surface area contributed by atoms with Crippen molar-refractivity contribution in [2.45, 2.75) is 20.5 Å². The molecule has 2 heterocycles. The van der Waals surface area contributed by atoms with E-state index in [1.807, 2.05) is 18.2 Å². The minimum atomic E-state index is -0.460. The maximum atomic E-state index is 13.5. The summed E-state index contributed by atoms with van der Waals surface area (Å²) in [6.45, 7) is 3.10. The molecule has 0 saturated carbocycles. The fourth-order valence-corrected chi connectivity index (χ4v) is 3.53. The van der Waals surface area contributed by atoms with Crippen molar-refractivity contribution in [3.8, 4) is 11.5 Å². The van der Waals surface area contributed by atoms with Crippen molar-refractivity contribution in [1.82, 2.24) is 4.98 Å². The highest BCUT2D eigenvalue weighted by atomic mass is 16.5. The summed E-state index contributed by atoms with van der Waals surface area (Å²) in [5.41, 5.74) is 3.00. The topological polar surface area (TPSA) is 112 Å². The molecule has 0 aliphatic heterocycles. The number of para-hydroxylation sites is 1. The molecule has 4 aromatic rings. The van der Waals surface area contributed by atoms with Gasteiger partial charge in [-0.1, -0.05) is 18.2 Å². The van der Waals surface area contributed by atoms with E-state index >= 15 is 0 Å². The van der Waals surface area contributed by atoms with E-state index < -0.39 is 11.9 Å². The summed E-state index contributed by atoms with van der Waals surface area (Å²) in [7, 11) is 3.06. The van der Waals surface area contributed by atoms with Crippen LogP contribution in [-0.2, 0) is 16.1 Å². The van der Waals surface area contributed by atoms with Crippen molar-refractivity contribution in [3.05, 3.63) is 83.2 Å². The fraction of sp³-hybridized carbons (Fsp3) is 0.185. The predicted octanol–water partition coefficient (Wildman–Crippen LogP) is 4.70. The molecule has 0 saturated heterocycles. The van der Waals surface area contributed by atoms with Gasteiger partial charge in [0, 0.05) is 48.0 Å². The minimum Gasteiger partial charge on any atom is -0.497 e. The molecule has 0 aliphatic rings. The predicted molar refractivity (Wildman–Crippen MR) is 133 cm³/mol. The Hall–Kier alpha value is -4.66. The van der Waals surface area contributed by atoms with Gasteiger partial charge in [0.2, 0.25) is 5.55 Å². The third-order valence-corrected chi connectivity index (χ3v) is 5.32. The van der Waals surface area contributed by atoms with E-state index in [1.165, 1.54) is 21.1 Å². The SMILES string of the molecule is COc1cc(NC(=O)c2cc3c(COC(C)=O)cnc(C)c3oc2=Nc2ccccc2)cc(OC)c1. The van der Waals surface area contributed by atoms with Gasteiger partial charge in [-0.25, -0.2) is 4.99 Å². The van der Waals surface area contributed by atoms with Crippen molar-refractivity contribution in [1.29, 1.82) is 0 Å². The van der Waals surface area contributed by atoms with Gasteiger partial charge < -0.3 is 23.9 Å². The third-order valence-electron chi connectivity index (χ3n) is 5.32. The highest BCUT2D eigenvalue weighted by Gasteiger charge is 2.18. The molecule has 0 atom stereocenters. The molecule has 0 aliphatic carbocycles. The smallest absolute Gasteiger partial charge is 0.302 e. The number of methoxy groups -OCH3 is 2. The molecular weight excluding hydrogens is 462 g/mol. The van der Waals surface area contributed by atoms with Gasteiger partial charge in [0.1, 0.15) is 23.7 Å². The van der Waals surface area contributed by atoms with Gasteiger partial charge in [-0.2, -0.15) is 0 Å². The number of aromatic nitrogens is 1. The van der Waals surface area contributed by atoms with Crippen LogP contribution in [0.1, 0.15) is 28.5 Å².